The number of tetrazole rings is 1. The quantitative estimate of drug-likeness (QED) is 0.601. The van der Waals surface area contributed by atoms with E-state index in [0.29, 0.717) is 13.2 Å². The topological polar surface area (TPSA) is 59.3 Å². The average Bonchev–Trinajstić information content (AvgIpc) is 3.23. The maximum absolute atomic E-state index is 5.25. The van der Waals surface area contributed by atoms with Gasteiger partial charge in [0.25, 0.3) is 0 Å². The zero-order valence-corrected chi connectivity index (χ0v) is 18.0. The van der Waals surface area contributed by atoms with Crippen molar-refractivity contribution < 1.29 is 4.74 Å². The Hall–Kier alpha value is -2.77. The first-order valence-electron chi connectivity index (χ1n) is 10.5. The normalized spacial score (nSPS) is 16.0. The van der Waals surface area contributed by atoms with E-state index >= 15 is 0 Å². The first-order chi connectivity index (χ1) is 14.7. The lowest BCUT2D eigenvalue weighted by Crippen LogP contribution is -2.48. The zero-order chi connectivity index (χ0) is 20.9. The summed E-state index contributed by atoms with van der Waals surface area (Å²) in [6, 6.07) is 17.3. The molecule has 4 rings (SSSR count). The summed E-state index contributed by atoms with van der Waals surface area (Å²) in [6.45, 7) is 9.43. The van der Waals surface area contributed by atoms with Gasteiger partial charge in [-0.3, -0.25) is 4.90 Å². The summed E-state index contributed by atoms with van der Waals surface area (Å²) in [5, 5.41) is 12.6. The minimum atomic E-state index is 0.0267. The summed E-state index contributed by atoms with van der Waals surface area (Å²) in [4.78, 5) is 4.99. The standard InChI is InChI=1S/C23H30N6O/c1-18-9-10-19(2)21(17-18)27-11-13-28(14-12-27)22(20-7-5-4-6-8-20)23-24-25-26-29(23)15-16-30-3/h4-10,17,22H,11-16H2,1-3H3/t22-/m0/s1. The highest BCUT2D eigenvalue weighted by molar-refractivity contribution is 5.55. The number of nitrogens with zero attached hydrogens (tertiary/aromatic N) is 6. The fraction of sp³-hybridized carbons (Fsp3) is 0.435. The lowest BCUT2D eigenvalue weighted by atomic mass is 10.0. The lowest BCUT2D eigenvalue weighted by Gasteiger charge is -2.40. The average molecular weight is 407 g/mol. The molecule has 0 spiro atoms. The van der Waals surface area contributed by atoms with Crippen LogP contribution in [0.15, 0.2) is 48.5 Å². The van der Waals surface area contributed by atoms with Crippen molar-refractivity contribution in [1.29, 1.82) is 0 Å². The fourth-order valence-corrected chi connectivity index (χ4v) is 4.18. The Kier molecular flexibility index (Phi) is 6.40. The number of ether oxygens (including phenoxy) is 1. The van der Waals surface area contributed by atoms with Crippen molar-refractivity contribution in [3.05, 3.63) is 71.0 Å². The smallest absolute Gasteiger partial charge is 0.173 e. The lowest BCUT2D eigenvalue weighted by molar-refractivity contribution is 0.171. The monoisotopic (exact) mass is 406 g/mol. The SMILES string of the molecule is COCCn1nnnc1[C@H](c1ccccc1)N1CCN(c2cc(C)ccc2C)CC1. The molecule has 1 fully saturated rings. The molecule has 1 aliphatic rings. The van der Waals surface area contributed by atoms with Crippen molar-refractivity contribution in [2.45, 2.75) is 26.4 Å². The molecule has 0 N–H and O–H groups in total. The van der Waals surface area contributed by atoms with Crippen molar-refractivity contribution in [2.24, 2.45) is 0 Å². The third-order valence-electron chi connectivity index (χ3n) is 5.81. The van der Waals surface area contributed by atoms with E-state index in [1.54, 1.807) is 7.11 Å². The maximum Gasteiger partial charge on any atom is 0.173 e. The molecule has 2 aromatic carbocycles. The molecule has 1 atom stereocenters. The molecule has 30 heavy (non-hydrogen) atoms. The second kappa shape index (κ2) is 9.36. The molecular weight excluding hydrogens is 376 g/mol. The molecule has 7 heteroatoms. The molecule has 158 valence electrons. The number of piperazine rings is 1. The second-order valence-electron chi connectivity index (χ2n) is 7.88. The molecule has 7 nitrogen and oxygen atoms in total. The van der Waals surface area contributed by atoms with Crippen LogP contribution in [0.4, 0.5) is 5.69 Å². The molecule has 0 saturated carbocycles. The summed E-state index contributed by atoms with van der Waals surface area (Å²) in [7, 11) is 1.70. The van der Waals surface area contributed by atoms with Gasteiger partial charge in [-0.15, -0.1) is 5.10 Å². The molecule has 1 saturated heterocycles. The van der Waals surface area contributed by atoms with Gasteiger partial charge >= 0.3 is 0 Å². The molecule has 1 aliphatic heterocycles. The van der Waals surface area contributed by atoms with E-state index in [9.17, 15) is 0 Å². The largest absolute Gasteiger partial charge is 0.383 e. The predicted molar refractivity (Wildman–Crippen MR) is 118 cm³/mol. The number of hydrogen-bond acceptors (Lipinski definition) is 6. The molecule has 0 amide bonds. The van der Waals surface area contributed by atoms with Gasteiger partial charge in [0.05, 0.1) is 19.2 Å². The van der Waals surface area contributed by atoms with Gasteiger partial charge < -0.3 is 9.64 Å². The third-order valence-corrected chi connectivity index (χ3v) is 5.81. The van der Waals surface area contributed by atoms with Gasteiger partial charge in [-0.2, -0.15) is 0 Å². The highest BCUT2D eigenvalue weighted by Crippen LogP contribution is 2.30. The number of anilines is 1. The number of benzene rings is 2. The Morgan fingerprint density at radius 1 is 1.00 bits per heavy atom. The van der Waals surface area contributed by atoms with Crippen LogP contribution < -0.4 is 4.90 Å². The summed E-state index contributed by atoms with van der Waals surface area (Å²) in [6.07, 6.45) is 0. The van der Waals surface area contributed by atoms with Crippen molar-refractivity contribution in [3.63, 3.8) is 0 Å². The maximum atomic E-state index is 5.25. The predicted octanol–water partition coefficient (Wildman–Crippen LogP) is 2.85. The van der Waals surface area contributed by atoms with Crippen molar-refractivity contribution in [1.82, 2.24) is 25.1 Å². The van der Waals surface area contributed by atoms with Crippen molar-refractivity contribution >= 4 is 5.69 Å². The van der Waals surface area contributed by atoms with Gasteiger partial charge in [0.1, 0.15) is 0 Å². The van der Waals surface area contributed by atoms with Gasteiger partial charge in [-0.1, -0.05) is 42.5 Å². The van der Waals surface area contributed by atoms with Crippen LogP contribution in [0.5, 0.6) is 0 Å². The van der Waals surface area contributed by atoms with Crippen LogP contribution in [0.1, 0.15) is 28.6 Å². The van der Waals surface area contributed by atoms with Crippen molar-refractivity contribution in [3.8, 4) is 0 Å². The van der Waals surface area contributed by atoms with E-state index in [4.69, 9.17) is 4.74 Å². The number of aryl methyl sites for hydroxylation is 2. The number of methoxy groups -OCH3 is 1. The first kappa shape index (κ1) is 20.5. The van der Waals surface area contributed by atoms with Crippen LogP contribution in [0.3, 0.4) is 0 Å². The summed E-state index contributed by atoms with van der Waals surface area (Å²) >= 11 is 0. The van der Waals surface area contributed by atoms with E-state index in [-0.39, 0.29) is 6.04 Å². The number of rotatable bonds is 7. The fourth-order valence-electron chi connectivity index (χ4n) is 4.18. The Balaban J connectivity index is 1.57. The minimum Gasteiger partial charge on any atom is -0.383 e. The third kappa shape index (κ3) is 4.37. The Bertz CT molecular complexity index is 949. The van der Waals surface area contributed by atoms with Gasteiger partial charge in [0, 0.05) is 39.0 Å². The Morgan fingerprint density at radius 3 is 2.50 bits per heavy atom. The van der Waals surface area contributed by atoms with Gasteiger partial charge in [-0.05, 0) is 47.0 Å². The van der Waals surface area contributed by atoms with E-state index in [0.717, 1.165) is 32.0 Å². The van der Waals surface area contributed by atoms with Gasteiger partial charge in [-0.25, -0.2) is 4.68 Å². The highest BCUT2D eigenvalue weighted by atomic mass is 16.5. The molecule has 0 radical (unpaired) electrons. The molecule has 0 unspecified atom stereocenters. The van der Waals surface area contributed by atoms with Crippen LogP contribution in [0, 0.1) is 13.8 Å². The summed E-state index contributed by atoms with van der Waals surface area (Å²) in [5.41, 5.74) is 5.19. The summed E-state index contributed by atoms with van der Waals surface area (Å²) < 4.78 is 7.12. The number of aromatic nitrogens is 4. The van der Waals surface area contributed by atoms with Crippen LogP contribution in [0.2, 0.25) is 0 Å². The van der Waals surface area contributed by atoms with Crippen LogP contribution in [-0.4, -0.2) is 65.0 Å². The van der Waals surface area contributed by atoms with Crippen LogP contribution in [-0.2, 0) is 11.3 Å². The van der Waals surface area contributed by atoms with Gasteiger partial charge in [0.2, 0.25) is 0 Å². The van der Waals surface area contributed by atoms with Gasteiger partial charge in [0.15, 0.2) is 5.82 Å². The number of hydrogen-bond donors (Lipinski definition) is 0. The van der Waals surface area contributed by atoms with E-state index in [1.807, 2.05) is 10.7 Å². The Labute approximate surface area is 178 Å². The first-order valence-corrected chi connectivity index (χ1v) is 10.5. The minimum absolute atomic E-state index is 0.0267. The van der Waals surface area contributed by atoms with Crippen molar-refractivity contribution in [2.75, 3.05) is 44.8 Å². The van der Waals surface area contributed by atoms with Crippen LogP contribution >= 0.6 is 0 Å². The molecule has 0 bridgehead atoms. The van der Waals surface area contributed by atoms with E-state index in [1.165, 1.54) is 22.4 Å². The van der Waals surface area contributed by atoms with Crippen LogP contribution in [0.25, 0.3) is 0 Å². The Morgan fingerprint density at radius 2 is 1.77 bits per heavy atom. The molecule has 0 aliphatic carbocycles. The van der Waals surface area contributed by atoms with E-state index < -0.39 is 0 Å². The molecular formula is C23H30N6O. The highest BCUT2D eigenvalue weighted by Gasteiger charge is 2.30. The second-order valence-corrected chi connectivity index (χ2v) is 7.88. The molecule has 1 aromatic heterocycles. The molecule has 2 heterocycles. The van der Waals surface area contributed by atoms with E-state index in [2.05, 4.69) is 81.6 Å². The summed E-state index contributed by atoms with van der Waals surface area (Å²) in [5.74, 6) is 0.874. The molecule has 3 aromatic rings. The zero-order valence-electron chi connectivity index (χ0n) is 18.0.